The summed E-state index contributed by atoms with van der Waals surface area (Å²) in [6.07, 6.45) is 10.2. The molecule has 4 amide bonds. The van der Waals surface area contributed by atoms with E-state index in [0.717, 1.165) is 62.7 Å². The number of carbonyl (C=O) groups excluding carboxylic acids is 4. The number of amides is 4. The summed E-state index contributed by atoms with van der Waals surface area (Å²) in [5.41, 5.74) is 2.72. The lowest BCUT2D eigenvalue weighted by molar-refractivity contribution is -0.131. The van der Waals surface area contributed by atoms with Gasteiger partial charge in [0, 0.05) is 57.3 Å². The van der Waals surface area contributed by atoms with E-state index in [2.05, 4.69) is 41.9 Å². The number of ether oxygens (including phenoxy) is 5. The maximum Gasteiger partial charge on any atom is 0.254 e. The molecule has 58 heavy (non-hydrogen) atoms. The Kier molecular flexibility index (Phi) is 22.8. The van der Waals surface area contributed by atoms with E-state index in [1.807, 2.05) is 6.07 Å². The highest BCUT2D eigenvalue weighted by Gasteiger charge is 2.20. The van der Waals surface area contributed by atoms with Crippen molar-refractivity contribution in [3.05, 3.63) is 57.1 Å². The van der Waals surface area contributed by atoms with Crippen molar-refractivity contribution in [1.29, 1.82) is 0 Å². The monoisotopic (exact) mass is 852 g/mol. The van der Waals surface area contributed by atoms with Crippen LogP contribution in [0.25, 0.3) is 0 Å². The summed E-state index contributed by atoms with van der Waals surface area (Å²) in [7, 11) is 0. The van der Waals surface area contributed by atoms with Gasteiger partial charge in [-0.25, -0.2) is 9.97 Å². The van der Waals surface area contributed by atoms with Gasteiger partial charge in [-0.3, -0.25) is 19.2 Å². The normalized spacial score (nSPS) is 15.9. The number of rotatable bonds is 31. The van der Waals surface area contributed by atoms with Crippen molar-refractivity contribution in [3.63, 3.8) is 0 Å². The first-order valence-electron chi connectivity index (χ1n) is 20.0. The lowest BCUT2D eigenvalue weighted by atomic mass is 9.98. The minimum atomic E-state index is -0.371. The number of pyridine rings is 2. The highest BCUT2D eigenvalue weighted by molar-refractivity contribution is 6.33. The maximum absolute atomic E-state index is 12.6. The molecule has 2 aliphatic heterocycles. The Bertz CT molecular complexity index is 1570. The zero-order valence-corrected chi connectivity index (χ0v) is 34.6. The Hall–Kier alpha value is -3.52. The summed E-state index contributed by atoms with van der Waals surface area (Å²) in [5.74, 6) is -1.24. The molecule has 0 spiro atoms. The van der Waals surface area contributed by atoms with Gasteiger partial charge in [0.2, 0.25) is 11.8 Å². The van der Waals surface area contributed by atoms with Crippen LogP contribution in [0.3, 0.4) is 0 Å². The molecule has 2 aromatic heterocycles. The van der Waals surface area contributed by atoms with Crippen molar-refractivity contribution in [2.45, 2.75) is 76.3 Å². The van der Waals surface area contributed by atoms with Crippen LogP contribution in [0.4, 0.5) is 0 Å². The molecule has 0 aromatic carbocycles. The first-order chi connectivity index (χ1) is 28.3. The summed E-state index contributed by atoms with van der Waals surface area (Å²) in [6.45, 7) is 5.51. The Morgan fingerprint density at radius 3 is 1.41 bits per heavy atom. The van der Waals surface area contributed by atoms with Crippen molar-refractivity contribution in [2.75, 3.05) is 86.1 Å². The third-order valence-electron chi connectivity index (χ3n) is 9.24. The topological polar surface area (TPSA) is 212 Å². The summed E-state index contributed by atoms with van der Waals surface area (Å²) in [5, 5.41) is 18.2. The van der Waals surface area contributed by atoms with Gasteiger partial charge >= 0.3 is 0 Å². The van der Waals surface area contributed by atoms with Crippen LogP contribution in [0.15, 0.2) is 24.5 Å². The van der Waals surface area contributed by atoms with Gasteiger partial charge in [-0.05, 0) is 94.1 Å². The van der Waals surface area contributed by atoms with Gasteiger partial charge in [-0.2, -0.15) is 0 Å². The number of aromatic nitrogens is 2. The van der Waals surface area contributed by atoms with E-state index in [1.54, 1.807) is 18.5 Å². The minimum Gasteiger partial charge on any atom is -0.356 e. The third kappa shape index (κ3) is 19.0. The Balaban J connectivity index is 0.852. The fourth-order valence-electron chi connectivity index (χ4n) is 5.76. The molecule has 4 rings (SSSR count). The SMILES string of the molecule is O=C(CC(=O)NCCCOCOCOCCCNC(=O)c1cc(CC2CCN2)cnc1Cl)NCCCOCOCCCCNC(=O)c1cc(CC2CCN2)cnc1Cl. The van der Waals surface area contributed by atoms with E-state index >= 15 is 0 Å². The molecule has 6 N–H and O–H groups in total. The Morgan fingerprint density at radius 2 is 0.983 bits per heavy atom. The van der Waals surface area contributed by atoms with Gasteiger partial charge in [0.05, 0.1) is 30.9 Å². The van der Waals surface area contributed by atoms with Crippen molar-refractivity contribution >= 4 is 46.8 Å². The van der Waals surface area contributed by atoms with E-state index in [9.17, 15) is 19.2 Å². The van der Waals surface area contributed by atoms with E-state index in [4.69, 9.17) is 46.9 Å². The van der Waals surface area contributed by atoms with Crippen LogP contribution in [0.2, 0.25) is 10.3 Å². The number of hydrogen-bond acceptors (Lipinski definition) is 13. The summed E-state index contributed by atoms with van der Waals surface area (Å²) in [6, 6.07) is 4.47. The molecule has 0 radical (unpaired) electrons. The average molecular weight is 854 g/mol. The number of halogens is 2. The van der Waals surface area contributed by atoms with Crippen LogP contribution in [0, 0.1) is 0 Å². The summed E-state index contributed by atoms with van der Waals surface area (Å²) in [4.78, 5) is 57.5. The number of nitrogens with zero attached hydrogens (tertiary/aromatic N) is 2. The van der Waals surface area contributed by atoms with Crippen molar-refractivity contribution in [3.8, 4) is 0 Å². The van der Waals surface area contributed by atoms with E-state index in [-0.39, 0.29) is 60.7 Å². The highest BCUT2D eigenvalue weighted by Crippen LogP contribution is 2.19. The van der Waals surface area contributed by atoms with Gasteiger partial charge < -0.3 is 55.6 Å². The molecule has 2 aliphatic rings. The van der Waals surface area contributed by atoms with E-state index < -0.39 is 0 Å². The Morgan fingerprint density at radius 1 is 0.586 bits per heavy atom. The molecule has 0 bridgehead atoms. The molecule has 2 fully saturated rings. The zero-order valence-electron chi connectivity index (χ0n) is 33.1. The number of nitrogens with one attached hydrogen (secondary N) is 6. The molecular weight excluding hydrogens is 795 g/mol. The average Bonchev–Trinajstić information content (AvgIpc) is 3.17. The first-order valence-corrected chi connectivity index (χ1v) is 20.8. The molecule has 17 nitrogen and oxygen atoms in total. The maximum atomic E-state index is 12.6. The molecule has 2 saturated heterocycles. The number of hydrogen-bond donors (Lipinski definition) is 6. The molecule has 2 aromatic rings. The molecular formula is C39H58Cl2N8O9. The largest absolute Gasteiger partial charge is 0.356 e. The van der Waals surface area contributed by atoms with Crippen LogP contribution < -0.4 is 31.9 Å². The summed E-state index contributed by atoms with van der Waals surface area (Å²) >= 11 is 12.3. The number of carbonyl (C=O) groups is 4. The fourth-order valence-corrected chi connectivity index (χ4v) is 6.14. The lowest BCUT2D eigenvalue weighted by Crippen LogP contribution is -2.44. The van der Waals surface area contributed by atoms with Crippen LogP contribution in [-0.2, 0) is 46.1 Å². The lowest BCUT2D eigenvalue weighted by Gasteiger charge is -2.27. The predicted octanol–water partition coefficient (Wildman–Crippen LogP) is 2.28. The van der Waals surface area contributed by atoms with Crippen molar-refractivity contribution in [2.24, 2.45) is 0 Å². The second-order valence-electron chi connectivity index (χ2n) is 14.0. The predicted molar refractivity (Wildman–Crippen MR) is 217 cm³/mol. The van der Waals surface area contributed by atoms with Crippen LogP contribution in [0.5, 0.6) is 0 Å². The zero-order chi connectivity index (χ0) is 41.2. The molecule has 4 heterocycles. The molecule has 0 aliphatic carbocycles. The smallest absolute Gasteiger partial charge is 0.254 e. The van der Waals surface area contributed by atoms with Crippen molar-refractivity contribution in [1.82, 2.24) is 41.9 Å². The molecule has 2 atom stereocenters. The van der Waals surface area contributed by atoms with Crippen LogP contribution in [0.1, 0.15) is 83.2 Å². The summed E-state index contributed by atoms with van der Waals surface area (Å²) < 4.78 is 27.0. The van der Waals surface area contributed by atoms with Gasteiger partial charge in [0.25, 0.3) is 11.8 Å². The van der Waals surface area contributed by atoms with E-state index in [0.29, 0.717) is 95.1 Å². The van der Waals surface area contributed by atoms with Crippen LogP contribution in [-0.4, -0.2) is 132 Å². The standard InChI is InChI=1S/C39H58Cl2N8O9/c40-36-32(20-28(23-48-36)18-30-6-12-42-30)38(52)46-8-1-2-14-54-25-55-15-3-9-44-34(50)22-35(51)45-10-4-16-56-26-58-27-57-17-5-11-47-39(53)33-21-29(24-49-37(33)41)19-31-7-13-43-31/h20-21,23-24,30-31,42-43H,1-19,22,25-27H2,(H,44,50)(H,45,51)(H,46,52)(H,47,53). The highest BCUT2D eigenvalue weighted by atomic mass is 35.5. The fraction of sp³-hybridized carbons (Fsp3) is 0.641. The minimum absolute atomic E-state index is 0.0336. The first kappa shape index (κ1) is 47.2. The third-order valence-corrected chi connectivity index (χ3v) is 9.85. The molecule has 2 unspecified atom stereocenters. The van der Waals surface area contributed by atoms with E-state index in [1.165, 1.54) is 0 Å². The molecule has 19 heteroatoms. The van der Waals surface area contributed by atoms with Gasteiger partial charge in [0.15, 0.2) is 0 Å². The molecule has 322 valence electrons. The van der Waals surface area contributed by atoms with Gasteiger partial charge in [-0.1, -0.05) is 23.2 Å². The van der Waals surface area contributed by atoms with Gasteiger partial charge in [-0.15, -0.1) is 0 Å². The second-order valence-corrected chi connectivity index (χ2v) is 14.7. The Labute approximate surface area is 350 Å². The quantitative estimate of drug-likeness (QED) is 0.0279. The van der Waals surface area contributed by atoms with Gasteiger partial charge in [0.1, 0.15) is 37.1 Å². The van der Waals surface area contributed by atoms with Crippen LogP contribution >= 0.6 is 23.2 Å². The van der Waals surface area contributed by atoms with Crippen molar-refractivity contribution < 1.29 is 42.9 Å². The molecule has 0 saturated carbocycles. The second kappa shape index (κ2) is 28.0. The number of unbranched alkanes of at least 4 members (excludes halogenated alkanes) is 1.